The van der Waals surface area contributed by atoms with Crippen LogP contribution in [0.25, 0.3) is 6.08 Å². The van der Waals surface area contributed by atoms with Crippen molar-refractivity contribution in [1.29, 1.82) is 0 Å². The van der Waals surface area contributed by atoms with Gasteiger partial charge in [-0.15, -0.1) is 0 Å². The maximum absolute atomic E-state index is 13.1. The van der Waals surface area contributed by atoms with Gasteiger partial charge in [-0.2, -0.15) is 0 Å². The first kappa shape index (κ1) is 16.7. The first-order valence-electron chi connectivity index (χ1n) is 7.70. The molecule has 3 nitrogen and oxygen atoms in total. The summed E-state index contributed by atoms with van der Waals surface area (Å²) in [6, 6.07) is 10.4. The molecule has 0 fully saturated rings. The Morgan fingerprint density at radius 2 is 1.83 bits per heavy atom. The summed E-state index contributed by atoms with van der Waals surface area (Å²) >= 11 is 0. The van der Waals surface area contributed by atoms with Crippen molar-refractivity contribution in [1.82, 2.24) is 0 Å². The van der Waals surface area contributed by atoms with Crippen LogP contribution in [0, 0.1) is 5.82 Å². The first-order chi connectivity index (χ1) is 11.0. The molecule has 0 aliphatic rings. The lowest BCUT2D eigenvalue weighted by Crippen LogP contribution is -2.11. The van der Waals surface area contributed by atoms with Gasteiger partial charge in [-0.05, 0) is 47.7 Å². The third-order valence-corrected chi connectivity index (χ3v) is 3.69. The van der Waals surface area contributed by atoms with E-state index >= 15 is 0 Å². The Morgan fingerprint density at radius 3 is 2.39 bits per heavy atom. The molecule has 0 saturated heterocycles. The SMILES string of the molecule is CCc1cccc(CC)c1NC(=O)/C=C/c1ccc(F)c(N)c1. The fraction of sp³-hybridized carbons (Fsp3) is 0.211. The van der Waals surface area contributed by atoms with E-state index in [9.17, 15) is 9.18 Å². The minimum absolute atomic E-state index is 0.0668. The molecule has 2 rings (SSSR count). The molecule has 120 valence electrons. The number of para-hydroxylation sites is 1. The summed E-state index contributed by atoms with van der Waals surface area (Å²) in [5.74, 6) is -0.681. The lowest BCUT2D eigenvalue weighted by molar-refractivity contribution is -0.111. The Labute approximate surface area is 136 Å². The molecule has 0 aliphatic heterocycles. The number of nitrogen functional groups attached to an aromatic ring is 1. The maximum atomic E-state index is 13.1. The second kappa shape index (κ2) is 7.58. The summed E-state index contributed by atoms with van der Waals surface area (Å²) in [5, 5.41) is 2.95. The van der Waals surface area contributed by atoms with Gasteiger partial charge in [0.05, 0.1) is 5.69 Å². The molecule has 23 heavy (non-hydrogen) atoms. The largest absolute Gasteiger partial charge is 0.396 e. The van der Waals surface area contributed by atoms with E-state index in [0.717, 1.165) is 29.7 Å². The van der Waals surface area contributed by atoms with Gasteiger partial charge in [-0.25, -0.2) is 4.39 Å². The highest BCUT2D eigenvalue weighted by Crippen LogP contribution is 2.22. The summed E-state index contributed by atoms with van der Waals surface area (Å²) < 4.78 is 13.1. The molecular weight excluding hydrogens is 291 g/mol. The molecule has 0 spiro atoms. The molecule has 0 radical (unpaired) electrons. The summed E-state index contributed by atoms with van der Waals surface area (Å²) in [4.78, 5) is 12.2. The number of hydrogen-bond acceptors (Lipinski definition) is 2. The van der Waals surface area contributed by atoms with Gasteiger partial charge in [0, 0.05) is 11.8 Å². The van der Waals surface area contributed by atoms with Crippen molar-refractivity contribution in [3.05, 3.63) is 65.0 Å². The monoisotopic (exact) mass is 312 g/mol. The maximum Gasteiger partial charge on any atom is 0.248 e. The average molecular weight is 312 g/mol. The zero-order valence-electron chi connectivity index (χ0n) is 13.4. The topological polar surface area (TPSA) is 55.1 Å². The van der Waals surface area contributed by atoms with Crippen molar-refractivity contribution in [2.24, 2.45) is 0 Å². The summed E-state index contributed by atoms with van der Waals surface area (Å²) in [7, 11) is 0. The highest BCUT2D eigenvalue weighted by Gasteiger charge is 2.08. The van der Waals surface area contributed by atoms with Gasteiger partial charge in [0.25, 0.3) is 0 Å². The van der Waals surface area contributed by atoms with Crippen LogP contribution in [0.4, 0.5) is 15.8 Å². The van der Waals surface area contributed by atoms with Gasteiger partial charge in [0.2, 0.25) is 5.91 Å². The molecule has 1 amide bonds. The highest BCUT2D eigenvalue weighted by molar-refractivity contribution is 6.02. The zero-order chi connectivity index (χ0) is 16.8. The van der Waals surface area contributed by atoms with E-state index in [1.165, 1.54) is 18.2 Å². The van der Waals surface area contributed by atoms with E-state index < -0.39 is 5.82 Å². The molecule has 4 heteroatoms. The van der Waals surface area contributed by atoms with Crippen molar-refractivity contribution in [3.63, 3.8) is 0 Å². The third-order valence-electron chi connectivity index (χ3n) is 3.69. The number of halogens is 1. The quantitative estimate of drug-likeness (QED) is 0.642. The normalized spacial score (nSPS) is 10.9. The number of nitrogens with one attached hydrogen (secondary N) is 1. The molecule has 2 aromatic carbocycles. The van der Waals surface area contributed by atoms with E-state index in [4.69, 9.17) is 5.73 Å². The zero-order valence-corrected chi connectivity index (χ0v) is 13.4. The lowest BCUT2D eigenvalue weighted by Gasteiger charge is -2.13. The van der Waals surface area contributed by atoms with Crippen LogP contribution in [-0.2, 0) is 17.6 Å². The molecule has 2 aromatic rings. The number of carbonyl (C=O) groups excluding carboxylic acids is 1. The van der Waals surface area contributed by atoms with Crippen LogP contribution >= 0.6 is 0 Å². The van der Waals surface area contributed by atoms with Crippen LogP contribution in [0.5, 0.6) is 0 Å². The number of hydrogen-bond donors (Lipinski definition) is 2. The standard InChI is InChI=1S/C19H21FN2O/c1-3-14-6-5-7-15(4-2)19(14)22-18(23)11-9-13-8-10-16(20)17(21)12-13/h5-12H,3-4,21H2,1-2H3,(H,22,23)/b11-9+. The van der Waals surface area contributed by atoms with E-state index in [-0.39, 0.29) is 11.6 Å². The van der Waals surface area contributed by atoms with Crippen molar-refractivity contribution >= 4 is 23.4 Å². The fourth-order valence-corrected chi connectivity index (χ4v) is 2.41. The van der Waals surface area contributed by atoms with Gasteiger partial charge in [-0.3, -0.25) is 4.79 Å². The highest BCUT2D eigenvalue weighted by atomic mass is 19.1. The number of benzene rings is 2. The van der Waals surface area contributed by atoms with E-state index in [1.807, 2.05) is 18.2 Å². The predicted molar refractivity (Wildman–Crippen MR) is 93.7 cm³/mol. The fourth-order valence-electron chi connectivity index (χ4n) is 2.41. The molecule has 0 unspecified atom stereocenters. The van der Waals surface area contributed by atoms with Crippen LogP contribution in [0.15, 0.2) is 42.5 Å². The average Bonchev–Trinajstić information content (AvgIpc) is 2.56. The Kier molecular flexibility index (Phi) is 5.52. The molecule has 0 aliphatic carbocycles. The molecule has 0 aromatic heterocycles. The lowest BCUT2D eigenvalue weighted by atomic mass is 10.0. The van der Waals surface area contributed by atoms with Gasteiger partial charge in [0.1, 0.15) is 5.82 Å². The second-order valence-electron chi connectivity index (χ2n) is 5.26. The van der Waals surface area contributed by atoms with Crippen LogP contribution in [0.2, 0.25) is 0 Å². The smallest absolute Gasteiger partial charge is 0.248 e. The summed E-state index contributed by atoms with van der Waals surface area (Å²) in [6.45, 7) is 4.11. The van der Waals surface area contributed by atoms with Crippen molar-refractivity contribution in [2.75, 3.05) is 11.1 Å². The first-order valence-corrected chi connectivity index (χ1v) is 7.70. The molecule has 0 atom stereocenters. The molecular formula is C19H21FN2O. The Morgan fingerprint density at radius 1 is 1.17 bits per heavy atom. The minimum atomic E-state index is -0.462. The second-order valence-corrected chi connectivity index (χ2v) is 5.26. The van der Waals surface area contributed by atoms with Crippen molar-refractivity contribution < 1.29 is 9.18 Å². The van der Waals surface area contributed by atoms with Gasteiger partial charge in [0.15, 0.2) is 0 Å². The number of rotatable bonds is 5. The molecule has 0 saturated carbocycles. The van der Waals surface area contributed by atoms with Gasteiger partial charge in [-0.1, -0.05) is 38.1 Å². The Bertz CT molecular complexity index is 716. The van der Waals surface area contributed by atoms with Crippen LogP contribution in [0.1, 0.15) is 30.5 Å². The molecule has 0 heterocycles. The number of nitrogens with two attached hydrogens (primary N) is 1. The number of aryl methyl sites for hydroxylation is 2. The summed E-state index contributed by atoms with van der Waals surface area (Å²) in [5.41, 5.74) is 9.36. The van der Waals surface area contributed by atoms with E-state index in [2.05, 4.69) is 19.2 Å². The van der Waals surface area contributed by atoms with Crippen molar-refractivity contribution in [3.8, 4) is 0 Å². The van der Waals surface area contributed by atoms with E-state index in [0.29, 0.717) is 5.56 Å². The Balaban J connectivity index is 2.16. The summed E-state index contributed by atoms with van der Waals surface area (Å²) in [6.07, 6.45) is 4.74. The number of amides is 1. The van der Waals surface area contributed by atoms with Crippen LogP contribution < -0.4 is 11.1 Å². The predicted octanol–water partition coefficient (Wildman–Crippen LogP) is 4.18. The van der Waals surface area contributed by atoms with Crippen LogP contribution in [0.3, 0.4) is 0 Å². The number of carbonyl (C=O) groups is 1. The third kappa shape index (κ3) is 4.19. The minimum Gasteiger partial charge on any atom is -0.396 e. The number of anilines is 2. The Hall–Kier alpha value is -2.62. The van der Waals surface area contributed by atoms with Crippen molar-refractivity contribution in [2.45, 2.75) is 26.7 Å². The molecule has 3 N–H and O–H groups in total. The molecule has 0 bridgehead atoms. The van der Waals surface area contributed by atoms with Gasteiger partial charge >= 0.3 is 0 Å². The van der Waals surface area contributed by atoms with E-state index in [1.54, 1.807) is 12.1 Å². The van der Waals surface area contributed by atoms with Crippen LogP contribution in [-0.4, -0.2) is 5.91 Å². The van der Waals surface area contributed by atoms with Gasteiger partial charge < -0.3 is 11.1 Å².